The maximum Gasteiger partial charge on any atom is 0.129 e. The minimum atomic E-state index is -0.267. The third-order valence-electron chi connectivity index (χ3n) is 3.09. The molecule has 0 aliphatic carbocycles. The summed E-state index contributed by atoms with van der Waals surface area (Å²) in [5.41, 5.74) is 0.567. The summed E-state index contributed by atoms with van der Waals surface area (Å²) in [5.74, 6) is -0.267. The Morgan fingerprint density at radius 3 is 2.61 bits per heavy atom. The summed E-state index contributed by atoms with van der Waals surface area (Å²) in [4.78, 5) is 2.11. The zero-order valence-corrected chi connectivity index (χ0v) is 12.3. The van der Waals surface area contributed by atoms with Crippen molar-refractivity contribution in [2.24, 2.45) is 0 Å². The topological polar surface area (TPSA) is 35.5 Å². The van der Waals surface area contributed by atoms with E-state index in [1.54, 1.807) is 6.07 Å². The fourth-order valence-electron chi connectivity index (χ4n) is 2.18. The fraction of sp³-hybridized carbons (Fsp3) is 0.500. The molecule has 0 radical (unpaired) electrons. The molecule has 2 rings (SSSR count). The standard InChI is InChI=1S/C12H16BrFN2O.ClH/c13-9-1-2-10(11(14)7-9)12(8-17)16-5-3-15-4-6-16;/h1-2,7,12,15,17H,3-6,8H2;1H/t12-;/m0./s1. The molecule has 3 nitrogen and oxygen atoms in total. The normalized spacial score (nSPS) is 18.2. The van der Waals surface area contributed by atoms with Crippen LogP contribution in [0.4, 0.5) is 4.39 Å². The first-order valence-electron chi connectivity index (χ1n) is 5.73. The van der Waals surface area contributed by atoms with Crippen molar-refractivity contribution in [3.63, 3.8) is 0 Å². The lowest BCUT2D eigenvalue weighted by Crippen LogP contribution is -2.46. The molecule has 0 bridgehead atoms. The molecule has 0 aromatic heterocycles. The molecule has 1 fully saturated rings. The van der Waals surface area contributed by atoms with Gasteiger partial charge in [0.15, 0.2) is 0 Å². The van der Waals surface area contributed by atoms with Crippen LogP contribution in [0.15, 0.2) is 22.7 Å². The molecule has 1 aliphatic rings. The molecule has 0 amide bonds. The molecule has 1 aliphatic heterocycles. The summed E-state index contributed by atoms with van der Waals surface area (Å²) in [6, 6.07) is 4.75. The molecule has 102 valence electrons. The lowest BCUT2D eigenvalue weighted by molar-refractivity contribution is 0.108. The Balaban J connectivity index is 0.00000162. The molecule has 1 aromatic carbocycles. The third kappa shape index (κ3) is 3.65. The highest BCUT2D eigenvalue weighted by Crippen LogP contribution is 2.25. The summed E-state index contributed by atoms with van der Waals surface area (Å²) in [7, 11) is 0. The highest BCUT2D eigenvalue weighted by atomic mass is 79.9. The van der Waals surface area contributed by atoms with E-state index in [1.165, 1.54) is 6.07 Å². The monoisotopic (exact) mass is 338 g/mol. The van der Waals surface area contributed by atoms with Crippen LogP contribution < -0.4 is 5.32 Å². The first-order valence-corrected chi connectivity index (χ1v) is 6.52. The van der Waals surface area contributed by atoms with E-state index in [0.717, 1.165) is 30.7 Å². The molecule has 1 saturated heterocycles. The van der Waals surface area contributed by atoms with Gasteiger partial charge >= 0.3 is 0 Å². The molecule has 1 atom stereocenters. The Labute approximate surface area is 121 Å². The van der Waals surface area contributed by atoms with E-state index < -0.39 is 0 Å². The van der Waals surface area contributed by atoms with E-state index in [-0.39, 0.29) is 30.9 Å². The van der Waals surface area contributed by atoms with Crippen LogP contribution in [0.1, 0.15) is 11.6 Å². The van der Waals surface area contributed by atoms with E-state index in [0.29, 0.717) is 5.56 Å². The number of aliphatic hydroxyl groups excluding tert-OH is 1. The van der Waals surface area contributed by atoms with Crippen molar-refractivity contribution in [2.45, 2.75) is 6.04 Å². The number of hydrogen-bond acceptors (Lipinski definition) is 3. The van der Waals surface area contributed by atoms with E-state index in [9.17, 15) is 9.50 Å². The average Bonchev–Trinajstić information content (AvgIpc) is 2.34. The number of nitrogens with zero attached hydrogens (tertiary/aromatic N) is 1. The van der Waals surface area contributed by atoms with Gasteiger partial charge in [0.2, 0.25) is 0 Å². The Kier molecular flexibility index (Phi) is 6.52. The van der Waals surface area contributed by atoms with Crippen LogP contribution >= 0.6 is 28.3 Å². The largest absolute Gasteiger partial charge is 0.394 e. The second kappa shape index (κ2) is 7.40. The highest BCUT2D eigenvalue weighted by molar-refractivity contribution is 9.10. The summed E-state index contributed by atoms with van der Waals surface area (Å²) in [5, 5.41) is 12.7. The summed E-state index contributed by atoms with van der Waals surface area (Å²) in [6.07, 6.45) is 0. The van der Waals surface area contributed by atoms with Crippen LogP contribution in [0.3, 0.4) is 0 Å². The van der Waals surface area contributed by atoms with Gasteiger partial charge < -0.3 is 10.4 Å². The molecule has 1 heterocycles. The second-order valence-corrected chi connectivity index (χ2v) is 5.07. The Hall–Kier alpha value is -0.200. The average molecular weight is 340 g/mol. The van der Waals surface area contributed by atoms with Crippen molar-refractivity contribution >= 4 is 28.3 Å². The Morgan fingerprint density at radius 1 is 1.39 bits per heavy atom. The van der Waals surface area contributed by atoms with Crippen molar-refractivity contribution in [1.29, 1.82) is 0 Å². The first kappa shape index (κ1) is 15.9. The SMILES string of the molecule is Cl.OC[C@@H](c1ccc(Br)cc1F)N1CCNCC1. The lowest BCUT2D eigenvalue weighted by atomic mass is 10.0. The van der Waals surface area contributed by atoms with Crippen molar-refractivity contribution < 1.29 is 9.50 Å². The number of hydrogen-bond donors (Lipinski definition) is 2. The van der Waals surface area contributed by atoms with Gasteiger partial charge in [0.1, 0.15) is 5.82 Å². The van der Waals surface area contributed by atoms with E-state index in [2.05, 4.69) is 26.1 Å². The van der Waals surface area contributed by atoms with Gasteiger partial charge in [-0.2, -0.15) is 0 Å². The van der Waals surface area contributed by atoms with Gasteiger partial charge in [-0.05, 0) is 12.1 Å². The number of nitrogens with one attached hydrogen (secondary N) is 1. The highest BCUT2D eigenvalue weighted by Gasteiger charge is 2.23. The summed E-state index contributed by atoms with van der Waals surface area (Å²) >= 11 is 3.24. The number of piperazine rings is 1. The zero-order chi connectivity index (χ0) is 12.3. The number of benzene rings is 1. The van der Waals surface area contributed by atoms with Crippen molar-refractivity contribution in [3.05, 3.63) is 34.1 Å². The number of halogens is 3. The lowest BCUT2D eigenvalue weighted by Gasteiger charge is -2.34. The van der Waals surface area contributed by atoms with Crippen molar-refractivity contribution in [2.75, 3.05) is 32.8 Å². The van der Waals surface area contributed by atoms with E-state index >= 15 is 0 Å². The third-order valence-corrected chi connectivity index (χ3v) is 3.58. The quantitative estimate of drug-likeness (QED) is 0.883. The Bertz CT molecular complexity index is 388. The van der Waals surface area contributed by atoms with Crippen LogP contribution in [0, 0.1) is 5.82 Å². The smallest absolute Gasteiger partial charge is 0.129 e. The number of aliphatic hydroxyl groups is 1. The van der Waals surface area contributed by atoms with Crippen molar-refractivity contribution in [1.82, 2.24) is 10.2 Å². The van der Waals surface area contributed by atoms with Gasteiger partial charge in [0.05, 0.1) is 12.6 Å². The maximum absolute atomic E-state index is 13.9. The van der Waals surface area contributed by atoms with Crippen LogP contribution in [0.2, 0.25) is 0 Å². The molecule has 0 unspecified atom stereocenters. The molecular weight excluding hydrogens is 323 g/mol. The van der Waals surface area contributed by atoms with Crippen molar-refractivity contribution in [3.8, 4) is 0 Å². The number of rotatable bonds is 3. The van der Waals surface area contributed by atoms with Crippen LogP contribution in [0.25, 0.3) is 0 Å². The summed E-state index contributed by atoms with van der Waals surface area (Å²) in [6.45, 7) is 3.38. The van der Waals surface area contributed by atoms with Crippen LogP contribution in [0.5, 0.6) is 0 Å². The predicted molar refractivity (Wildman–Crippen MR) is 75.6 cm³/mol. The molecule has 18 heavy (non-hydrogen) atoms. The maximum atomic E-state index is 13.9. The van der Waals surface area contributed by atoms with Crippen LogP contribution in [-0.4, -0.2) is 42.8 Å². The minimum Gasteiger partial charge on any atom is -0.394 e. The zero-order valence-electron chi connectivity index (χ0n) is 9.90. The predicted octanol–water partition coefficient (Wildman–Crippen LogP) is 1.95. The van der Waals surface area contributed by atoms with E-state index in [1.807, 2.05) is 6.07 Å². The van der Waals surface area contributed by atoms with Gasteiger partial charge in [-0.1, -0.05) is 22.0 Å². The summed E-state index contributed by atoms with van der Waals surface area (Å²) < 4.78 is 14.6. The van der Waals surface area contributed by atoms with Gasteiger partial charge in [-0.25, -0.2) is 4.39 Å². The fourth-order valence-corrected chi connectivity index (χ4v) is 2.51. The molecular formula is C12H17BrClFN2O. The molecule has 6 heteroatoms. The van der Waals surface area contributed by atoms with E-state index in [4.69, 9.17) is 0 Å². The van der Waals surface area contributed by atoms with Gasteiger partial charge in [-0.3, -0.25) is 4.90 Å². The minimum absolute atomic E-state index is 0. The molecule has 0 saturated carbocycles. The van der Waals surface area contributed by atoms with Gasteiger partial charge in [0, 0.05) is 36.2 Å². The first-order chi connectivity index (χ1) is 8.22. The van der Waals surface area contributed by atoms with Crippen LogP contribution in [-0.2, 0) is 0 Å². The molecule has 0 spiro atoms. The Morgan fingerprint density at radius 2 is 2.06 bits per heavy atom. The van der Waals surface area contributed by atoms with Gasteiger partial charge in [-0.15, -0.1) is 12.4 Å². The van der Waals surface area contributed by atoms with Gasteiger partial charge in [0.25, 0.3) is 0 Å². The second-order valence-electron chi connectivity index (χ2n) is 4.15. The molecule has 2 N–H and O–H groups in total. The molecule has 1 aromatic rings.